The summed E-state index contributed by atoms with van der Waals surface area (Å²) in [4.78, 5) is 3.36. The third kappa shape index (κ3) is 3.05. The minimum atomic E-state index is -4.55. The molecule has 0 aromatic carbocycles. The lowest BCUT2D eigenvalue weighted by Gasteiger charge is -2.18. The van der Waals surface area contributed by atoms with Crippen LogP contribution in [0.5, 0.6) is 11.5 Å². The summed E-state index contributed by atoms with van der Waals surface area (Å²) in [7, 11) is 0. The van der Waals surface area contributed by atoms with Crippen molar-refractivity contribution in [2.75, 3.05) is 0 Å². The number of alkyl halides is 3. The predicted octanol–water partition coefficient (Wildman–Crippen LogP) is 3.43. The molecule has 1 aromatic rings. The minimum Gasteiger partial charge on any atom is -0.486 e. The minimum absolute atomic E-state index is 0.00277. The van der Waals surface area contributed by atoms with E-state index in [0.717, 1.165) is 19.0 Å². The Morgan fingerprint density at radius 1 is 1.33 bits per heavy atom. The maximum absolute atomic E-state index is 12.8. The number of halogens is 3. The molecule has 1 aliphatic carbocycles. The summed E-state index contributed by atoms with van der Waals surface area (Å²) in [6, 6.07) is 1.41. The predicted molar refractivity (Wildman–Crippen MR) is 58.7 cm³/mol. The molecule has 1 aromatic heterocycles. The highest BCUT2D eigenvalue weighted by Gasteiger charge is 2.39. The van der Waals surface area contributed by atoms with Gasteiger partial charge in [0.15, 0.2) is 17.2 Å². The average Bonchev–Trinajstić information content (AvgIpc) is 3.02. The lowest BCUT2D eigenvalue weighted by molar-refractivity contribution is -0.143. The first-order valence-corrected chi connectivity index (χ1v) is 5.77. The third-order valence-electron chi connectivity index (χ3n) is 2.31. The number of nitrogens with zero attached hydrogens (tertiary/aromatic N) is 1. The maximum Gasteiger partial charge on any atom is 0.437 e. The smallest absolute Gasteiger partial charge is 0.437 e. The van der Waals surface area contributed by atoms with E-state index in [2.05, 4.69) is 4.98 Å². The van der Waals surface area contributed by atoms with Crippen LogP contribution in [0.15, 0.2) is 12.3 Å². The van der Waals surface area contributed by atoms with Gasteiger partial charge in [0.1, 0.15) is 0 Å². The molecule has 0 N–H and O–H groups in total. The zero-order valence-electron chi connectivity index (χ0n) is 10.1. The maximum atomic E-state index is 12.8. The first-order chi connectivity index (χ1) is 8.38. The van der Waals surface area contributed by atoms with Crippen molar-refractivity contribution in [2.45, 2.75) is 45.1 Å². The molecule has 1 aliphatic rings. The monoisotopic (exact) mass is 261 g/mol. The summed E-state index contributed by atoms with van der Waals surface area (Å²) in [5.74, 6) is -0.194. The van der Waals surface area contributed by atoms with E-state index in [1.807, 2.05) is 0 Å². The lowest BCUT2D eigenvalue weighted by Crippen LogP contribution is -2.16. The molecular weight excluding hydrogens is 247 g/mol. The van der Waals surface area contributed by atoms with E-state index >= 15 is 0 Å². The van der Waals surface area contributed by atoms with Gasteiger partial charge in [-0.3, -0.25) is 0 Å². The van der Waals surface area contributed by atoms with E-state index in [0.29, 0.717) is 0 Å². The quantitative estimate of drug-likeness (QED) is 0.832. The molecule has 0 aliphatic heterocycles. The Morgan fingerprint density at radius 3 is 2.50 bits per heavy atom. The largest absolute Gasteiger partial charge is 0.486 e. The molecule has 100 valence electrons. The van der Waals surface area contributed by atoms with Crippen molar-refractivity contribution in [3.8, 4) is 11.5 Å². The molecule has 0 spiro atoms. The average molecular weight is 261 g/mol. The summed E-state index contributed by atoms with van der Waals surface area (Å²) in [6.45, 7) is 3.32. The van der Waals surface area contributed by atoms with E-state index in [1.165, 1.54) is 6.07 Å². The van der Waals surface area contributed by atoms with Gasteiger partial charge in [0.25, 0.3) is 0 Å². The normalized spacial score (nSPS) is 15.9. The van der Waals surface area contributed by atoms with Crippen molar-refractivity contribution in [3.63, 3.8) is 0 Å². The Kier molecular flexibility index (Phi) is 3.36. The number of aromatic nitrogens is 1. The Hall–Kier alpha value is -1.46. The molecule has 1 fully saturated rings. The summed E-state index contributed by atoms with van der Waals surface area (Å²) < 4.78 is 49.2. The zero-order chi connectivity index (χ0) is 13.3. The van der Waals surface area contributed by atoms with Crippen LogP contribution in [0.2, 0.25) is 0 Å². The number of ether oxygens (including phenoxy) is 2. The summed E-state index contributed by atoms with van der Waals surface area (Å²) >= 11 is 0. The lowest BCUT2D eigenvalue weighted by atomic mass is 10.3. The highest BCUT2D eigenvalue weighted by atomic mass is 19.4. The topological polar surface area (TPSA) is 31.4 Å². The van der Waals surface area contributed by atoms with E-state index in [-0.39, 0.29) is 23.7 Å². The molecule has 0 amide bonds. The van der Waals surface area contributed by atoms with Gasteiger partial charge in [-0.05, 0) is 26.7 Å². The molecule has 0 atom stereocenters. The fourth-order valence-electron chi connectivity index (χ4n) is 1.44. The molecule has 0 saturated heterocycles. The van der Waals surface area contributed by atoms with Gasteiger partial charge in [-0.25, -0.2) is 4.98 Å². The van der Waals surface area contributed by atoms with Gasteiger partial charge in [0, 0.05) is 12.3 Å². The van der Waals surface area contributed by atoms with Gasteiger partial charge < -0.3 is 9.47 Å². The van der Waals surface area contributed by atoms with Crippen LogP contribution in [0.4, 0.5) is 13.2 Å². The van der Waals surface area contributed by atoms with Crippen LogP contribution >= 0.6 is 0 Å². The van der Waals surface area contributed by atoms with Crippen molar-refractivity contribution >= 4 is 0 Å². The molecule has 1 saturated carbocycles. The van der Waals surface area contributed by atoms with Crippen LogP contribution in [0.3, 0.4) is 0 Å². The van der Waals surface area contributed by atoms with Crippen molar-refractivity contribution < 1.29 is 22.6 Å². The van der Waals surface area contributed by atoms with E-state index < -0.39 is 11.9 Å². The Bertz CT molecular complexity index is 428. The standard InChI is InChI=1S/C12H14F3NO2/c1-7(2)17-10-9(18-8-3-4-8)5-6-16-11(10)12(13,14)15/h5-8H,3-4H2,1-2H3. The van der Waals surface area contributed by atoms with Crippen LogP contribution < -0.4 is 9.47 Å². The van der Waals surface area contributed by atoms with Crippen molar-refractivity contribution in [2.24, 2.45) is 0 Å². The van der Waals surface area contributed by atoms with Crippen LogP contribution in [0.1, 0.15) is 32.4 Å². The summed E-state index contributed by atoms with van der Waals surface area (Å²) in [5.41, 5.74) is -1.03. The Balaban J connectivity index is 2.37. The van der Waals surface area contributed by atoms with E-state index in [9.17, 15) is 13.2 Å². The van der Waals surface area contributed by atoms with Gasteiger partial charge >= 0.3 is 6.18 Å². The summed E-state index contributed by atoms with van der Waals surface area (Å²) in [5, 5.41) is 0. The fourth-order valence-corrected chi connectivity index (χ4v) is 1.44. The second-order valence-corrected chi connectivity index (χ2v) is 4.47. The Morgan fingerprint density at radius 2 is 2.00 bits per heavy atom. The first-order valence-electron chi connectivity index (χ1n) is 5.77. The highest BCUT2D eigenvalue weighted by Crippen LogP contribution is 2.42. The molecular formula is C12H14F3NO2. The molecule has 1 heterocycles. The van der Waals surface area contributed by atoms with E-state index in [4.69, 9.17) is 9.47 Å². The fraction of sp³-hybridized carbons (Fsp3) is 0.583. The molecule has 18 heavy (non-hydrogen) atoms. The van der Waals surface area contributed by atoms with Crippen LogP contribution in [-0.2, 0) is 6.18 Å². The molecule has 0 bridgehead atoms. The molecule has 2 rings (SSSR count). The third-order valence-corrected chi connectivity index (χ3v) is 2.31. The van der Waals surface area contributed by atoms with Gasteiger partial charge in [0.2, 0.25) is 0 Å². The highest BCUT2D eigenvalue weighted by molar-refractivity contribution is 5.44. The van der Waals surface area contributed by atoms with Gasteiger partial charge in [0.05, 0.1) is 12.2 Å². The van der Waals surface area contributed by atoms with Gasteiger partial charge in [-0.1, -0.05) is 0 Å². The second kappa shape index (κ2) is 4.66. The van der Waals surface area contributed by atoms with Crippen LogP contribution in [0, 0.1) is 0 Å². The number of hydrogen-bond acceptors (Lipinski definition) is 3. The molecule has 0 unspecified atom stereocenters. The van der Waals surface area contributed by atoms with Gasteiger partial charge in [-0.15, -0.1) is 0 Å². The zero-order valence-corrected chi connectivity index (χ0v) is 10.1. The second-order valence-electron chi connectivity index (χ2n) is 4.47. The van der Waals surface area contributed by atoms with Crippen molar-refractivity contribution in [1.82, 2.24) is 4.98 Å². The van der Waals surface area contributed by atoms with Gasteiger partial charge in [-0.2, -0.15) is 13.2 Å². The molecule has 3 nitrogen and oxygen atoms in total. The number of hydrogen-bond donors (Lipinski definition) is 0. The van der Waals surface area contributed by atoms with E-state index in [1.54, 1.807) is 13.8 Å². The molecule has 0 radical (unpaired) electrons. The first kappa shape index (κ1) is 13.0. The number of rotatable bonds is 4. The van der Waals surface area contributed by atoms with Crippen LogP contribution in [0.25, 0.3) is 0 Å². The van der Waals surface area contributed by atoms with Crippen molar-refractivity contribution in [3.05, 3.63) is 18.0 Å². The summed E-state index contributed by atoms with van der Waals surface area (Å²) in [6.07, 6.45) is -2.10. The Labute approximate surface area is 103 Å². The van der Waals surface area contributed by atoms with Crippen LogP contribution in [-0.4, -0.2) is 17.2 Å². The number of pyridine rings is 1. The SMILES string of the molecule is CC(C)Oc1c(OC2CC2)ccnc1C(F)(F)F. The molecule has 6 heteroatoms. The van der Waals surface area contributed by atoms with Crippen molar-refractivity contribution in [1.29, 1.82) is 0 Å².